The lowest BCUT2D eigenvalue weighted by molar-refractivity contribution is 0.311. The molecule has 0 saturated heterocycles. The summed E-state index contributed by atoms with van der Waals surface area (Å²) in [5, 5.41) is 9.62. The predicted octanol–water partition coefficient (Wildman–Crippen LogP) is 2.96. The molecule has 1 aromatic carbocycles. The van der Waals surface area contributed by atoms with Gasteiger partial charge in [-0.05, 0) is 18.6 Å². The van der Waals surface area contributed by atoms with Crippen LogP contribution in [0.4, 0.5) is 5.13 Å². The molecule has 0 bridgehead atoms. The van der Waals surface area contributed by atoms with Crippen molar-refractivity contribution in [3.05, 3.63) is 41.4 Å². The van der Waals surface area contributed by atoms with E-state index < -0.39 is 0 Å². The lowest BCUT2D eigenvalue weighted by Gasteiger charge is -2.11. The van der Waals surface area contributed by atoms with Crippen molar-refractivity contribution >= 4 is 46.4 Å². The second kappa shape index (κ2) is 11.9. The summed E-state index contributed by atoms with van der Waals surface area (Å²) in [5.41, 5.74) is 1.01. The number of halogens is 1. The van der Waals surface area contributed by atoms with E-state index in [9.17, 15) is 0 Å². The summed E-state index contributed by atoms with van der Waals surface area (Å²) in [6, 6.07) is 9.85. The number of guanidine groups is 1. The minimum absolute atomic E-state index is 0. The summed E-state index contributed by atoms with van der Waals surface area (Å²) in [5.74, 6) is 1.68. The molecule has 0 aliphatic heterocycles. The molecule has 0 unspecified atom stereocenters. The highest BCUT2D eigenvalue weighted by molar-refractivity contribution is 14.0. The molecule has 1 heterocycles. The minimum atomic E-state index is 0. The van der Waals surface area contributed by atoms with Gasteiger partial charge in [0.1, 0.15) is 5.75 Å². The number of para-hydroxylation sites is 1. The summed E-state index contributed by atoms with van der Waals surface area (Å²) in [4.78, 5) is 10.8. The molecule has 8 heteroatoms. The molecule has 2 aromatic rings. The Labute approximate surface area is 170 Å². The van der Waals surface area contributed by atoms with Crippen LogP contribution in [0.15, 0.2) is 40.7 Å². The number of aromatic nitrogens is 1. The number of ether oxygens (including phenoxy) is 1. The van der Waals surface area contributed by atoms with E-state index in [2.05, 4.69) is 26.0 Å². The molecule has 25 heavy (non-hydrogen) atoms. The molecule has 0 spiro atoms. The first-order valence-electron chi connectivity index (χ1n) is 7.93. The van der Waals surface area contributed by atoms with E-state index in [0.29, 0.717) is 13.2 Å². The Balaban J connectivity index is 0.00000312. The van der Waals surface area contributed by atoms with Crippen molar-refractivity contribution in [2.45, 2.75) is 13.0 Å². The molecule has 0 fully saturated rings. The molecule has 0 aliphatic rings. The van der Waals surface area contributed by atoms with Crippen LogP contribution >= 0.6 is 35.3 Å². The maximum absolute atomic E-state index is 5.66. The fraction of sp³-hybridized carbons (Fsp3) is 0.412. The zero-order valence-corrected chi connectivity index (χ0v) is 18.0. The summed E-state index contributed by atoms with van der Waals surface area (Å²) in [6.07, 6.45) is 0.900. The molecule has 2 N–H and O–H groups in total. The number of hydrogen-bond acceptors (Lipinski definition) is 5. The predicted molar refractivity (Wildman–Crippen MR) is 117 cm³/mol. The molecular weight excluding hydrogens is 449 g/mol. The maximum atomic E-state index is 5.66. The number of benzene rings is 1. The van der Waals surface area contributed by atoms with Gasteiger partial charge in [0.15, 0.2) is 11.1 Å². The van der Waals surface area contributed by atoms with E-state index in [1.54, 1.807) is 18.4 Å². The number of nitrogens with zero attached hydrogens (tertiary/aromatic N) is 3. The quantitative estimate of drug-likeness (QED) is 0.266. The normalized spacial score (nSPS) is 10.8. The fourth-order valence-electron chi connectivity index (χ4n) is 1.96. The molecule has 138 valence electrons. The van der Waals surface area contributed by atoms with Gasteiger partial charge in [-0.25, -0.2) is 4.98 Å². The SMILES string of the molecule is CN=C(NCCCOc1ccccc1)NCc1csc(N(C)C)n1.I. The number of hydrogen-bond donors (Lipinski definition) is 2. The van der Waals surface area contributed by atoms with E-state index in [-0.39, 0.29) is 24.0 Å². The van der Waals surface area contributed by atoms with Crippen LogP contribution < -0.4 is 20.3 Å². The van der Waals surface area contributed by atoms with Gasteiger partial charge in [-0.2, -0.15) is 0 Å². The molecule has 2 rings (SSSR count). The van der Waals surface area contributed by atoms with E-state index >= 15 is 0 Å². The first kappa shape index (κ1) is 21.5. The summed E-state index contributed by atoms with van der Waals surface area (Å²) in [7, 11) is 5.75. The highest BCUT2D eigenvalue weighted by Gasteiger charge is 2.04. The van der Waals surface area contributed by atoms with Crippen molar-refractivity contribution in [2.24, 2.45) is 4.99 Å². The number of aliphatic imine (C=N–C) groups is 1. The zero-order valence-electron chi connectivity index (χ0n) is 14.9. The van der Waals surface area contributed by atoms with Crippen molar-refractivity contribution in [3.63, 3.8) is 0 Å². The number of rotatable bonds is 8. The minimum Gasteiger partial charge on any atom is -0.494 e. The molecule has 1 aromatic heterocycles. The van der Waals surface area contributed by atoms with Gasteiger partial charge in [-0.15, -0.1) is 35.3 Å². The van der Waals surface area contributed by atoms with Crippen LogP contribution in [0.1, 0.15) is 12.1 Å². The summed E-state index contributed by atoms with van der Waals surface area (Å²) < 4.78 is 5.66. The highest BCUT2D eigenvalue weighted by atomic mass is 127. The van der Waals surface area contributed by atoms with Crippen LogP contribution in [0.25, 0.3) is 0 Å². The lowest BCUT2D eigenvalue weighted by atomic mass is 10.3. The Bertz CT molecular complexity index is 633. The van der Waals surface area contributed by atoms with Crippen LogP contribution in [-0.4, -0.2) is 45.2 Å². The second-order valence-corrected chi connectivity index (χ2v) is 6.22. The van der Waals surface area contributed by atoms with Gasteiger partial charge in [0.25, 0.3) is 0 Å². The molecule has 0 atom stereocenters. The van der Waals surface area contributed by atoms with E-state index in [4.69, 9.17) is 4.74 Å². The van der Waals surface area contributed by atoms with Crippen LogP contribution in [0.5, 0.6) is 5.75 Å². The molecule has 0 saturated carbocycles. The molecule has 0 amide bonds. The standard InChI is InChI=1S/C17H25N5OS.HI/c1-18-16(20-12-14-13-24-17(21-14)22(2)3)19-10-7-11-23-15-8-5-4-6-9-15;/h4-6,8-9,13H,7,10-12H2,1-3H3,(H2,18,19,20);1H. The first-order valence-corrected chi connectivity index (χ1v) is 8.81. The van der Waals surface area contributed by atoms with Crippen LogP contribution in [0.3, 0.4) is 0 Å². The highest BCUT2D eigenvalue weighted by Crippen LogP contribution is 2.17. The Morgan fingerprint density at radius 3 is 2.64 bits per heavy atom. The summed E-state index contributed by atoms with van der Waals surface area (Å²) >= 11 is 1.64. The fourth-order valence-corrected chi connectivity index (χ4v) is 2.72. The van der Waals surface area contributed by atoms with Crippen LogP contribution in [0, 0.1) is 0 Å². The first-order chi connectivity index (χ1) is 11.7. The Kier molecular flexibility index (Phi) is 10.2. The average Bonchev–Trinajstić information content (AvgIpc) is 3.07. The average molecular weight is 475 g/mol. The Hall–Kier alpha value is -1.55. The lowest BCUT2D eigenvalue weighted by Crippen LogP contribution is -2.37. The zero-order chi connectivity index (χ0) is 17.2. The number of anilines is 1. The molecule has 0 radical (unpaired) electrons. The van der Waals surface area contributed by atoms with Crippen LogP contribution in [-0.2, 0) is 6.54 Å². The number of nitrogens with one attached hydrogen (secondary N) is 2. The van der Waals surface area contributed by atoms with Gasteiger partial charge >= 0.3 is 0 Å². The smallest absolute Gasteiger partial charge is 0.191 e. The Morgan fingerprint density at radius 2 is 2.00 bits per heavy atom. The largest absolute Gasteiger partial charge is 0.494 e. The third kappa shape index (κ3) is 7.91. The summed E-state index contributed by atoms with van der Waals surface area (Å²) in [6.45, 7) is 2.13. The molecule has 0 aliphatic carbocycles. The second-order valence-electron chi connectivity index (χ2n) is 5.38. The van der Waals surface area contributed by atoms with Gasteiger partial charge in [0.2, 0.25) is 0 Å². The van der Waals surface area contributed by atoms with Gasteiger partial charge in [0, 0.05) is 33.1 Å². The van der Waals surface area contributed by atoms with Gasteiger partial charge in [0.05, 0.1) is 18.8 Å². The van der Waals surface area contributed by atoms with Crippen molar-refractivity contribution in [3.8, 4) is 5.75 Å². The number of thiazole rings is 1. The third-order valence-electron chi connectivity index (χ3n) is 3.21. The third-order valence-corrected chi connectivity index (χ3v) is 4.27. The van der Waals surface area contributed by atoms with Crippen molar-refractivity contribution in [2.75, 3.05) is 39.2 Å². The van der Waals surface area contributed by atoms with Gasteiger partial charge in [-0.3, -0.25) is 4.99 Å². The van der Waals surface area contributed by atoms with Gasteiger partial charge in [-0.1, -0.05) is 18.2 Å². The van der Waals surface area contributed by atoms with Crippen LogP contribution in [0.2, 0.25) is 0 Å². The topological polar surface area (TPSA) is 61.8 Å². The van der Waals surface area contributed by atoms with Crippen molar-refractivity contribution in [1.29, 1.82) is 0 Å². The monoisotopic (exact) mass is 475 g/mol. The van der Waals surface area contributed by atoms with E-state index in [0.717, 1.165) is 35.5 Å². The van der Waals surface area contributed by atoms with E-state index in [1.165, 1.54) is 0 Å². The van der Waals surface area contributed by atoms with Crippen molar-refractivity contribution < 1.29 is 4.74 Å². The van der Waals surface area contributed by atoms with E-state index in [1.807, 2.05) is 49.3 Å². The van der Waals surface area contributed by atoms with Crippen molar-refractivity contribution in [1.82, 2.24) is 15.6 Å². The maximum Gasteiger partial charge on any atom is 0.191 e. The Morgan fingerprint density at radius 1 is 1.24 bits per heavy atom. The molecular formula is C17H26IN5OS. The molecule has 6 nitrogen and oxygen atoms in total. The van der Waals surface area contributed by atoms with Gasteiger partial charge < -0.3 is 20.3 Å².